The molecule has 0 spiro atoms. The van der Waals surface area contributed by atoms with Gasteiger partial charge in [-0.2, -0.15) is 0 Å². The second kappa shape index (κ2) is 7.76. The Labute approximate surface area is 167 Å². The zero-order chi connectivity index (χ0) is 19.6. The summed E-state index contributed by atoms with van der Waals surface area (Å²) in [7, 11) is 0. The normalized spacial score (nSPS) is 16.4. The third-order valence-electron chi connectivity index (χ3n) is 4.50. The molecule has 2 amide bonds. The number of hydrogen-bond donors (Lipinski definition) is 1. The van der Waals surface area contributed by atoms with Crippen molar-refractivity contribution in [3.63, 3.8) is 0 Å². The second-order valence-electron chi connectivity index (χ2n) is 7.17. The number of carbonyl (C=O) groups excluding carboxylic acids is 2. The highest BCUT2D eigenvalue weighted by Crippen LogP contribution is 2.25. The van der Waals surface area contributed by atoms with Gasteiger partial charge in [-0.3, -0.25) is 9.59 Å². The molecule has 1 aliphatic rings. The summed E-state index contributed by atoms with van der Waals surface area (Å²) in [6.45, 7) is 6.67. The number of nitrogens with one attached hydrogen (secondary N) is 1. The molecule has 0 radical (unpaired) electrons. The van der Waals surface area contributed by atoms with Gasteiger partial charge in [0.2, 0.25) is 0 Å². The monoisotopic (exact) mass is 434 g/mol. The molecular formula is C20H23BrN2O4. The maximum atomic E-state index is 12.7. The largest absolute Gasteiger partial charge is 0.481 e. The van der Waals surface area contributed by atoms with Gasteiger partial charge in [0.1, 0.15) is 12.0 Å². The Morgan fingerprint density at radius 3 is 2.70 bits per heavy atom. The summed E-state index contributed by atoms with van der Waals surface area (Å²) in [6, 6.07) is 9.27. The maximum absolute atomic E-state index is 12.7. The minimum absolute atomic E-state index is 0.172. The molecule has 1 saturated heterocycles. The van der Waals surface area contributed by atoms with Crippen molar-refractivity contribution in [3.05, 3.63) is 52.4 Å². The number of benzene rings is 1. The van der Waals surface area contributed by atoms with Gasteiger partial charge >= 0.3 is 0 Å². The van der Waals surface area contributed by atoms with Crippen LogP contribution in [0.25, 0.3) is 0 Å². The fraction of sp³-hybridized carbons (Fsp3) is 0.400. The molecule has 27 heavy (non-hydrogen) atoms. The smallest absolute Gasteiger partial charge is 0.289 e. The van der Waals surface area contributed by atoms with E-state index < -0.39 is 11.6 Å². The molecule has 0 bridgehead atoms. The molecule has 1 unspecified atom stereocenters. The summed E-state index contributed by atoms with van der Waals surface area (Å²) < 4.78 is 11.8. The fourth-order valence-corrected chi connectivity index (χ4v) is 3.45. The van der Waals surface area contributed by atoms with Crippen LogP contribution in [0.2, 0.25) is 0 Å². The van der Waals surface area contributed by atoms with Crippen LogP contribution in [0.5, 0.6) is 5.75 Å². The molecule has 6 nitrogen and oxygen atoms in total. The third kappa shape index (κ3) is 4.53. The first kappa shape index (κ1) is 19.5. The third-order valence-corrected chi connectivity index (χ3v) is 4.92. The summed E-state index contributed by atoms with van der Waals surface area (Å²) in [5.74, 6) is 0.602. The average Bonchev–Trinajstić information content (AvgIpc) is 3.03. The zero-order valence-electron chi connectivity index (χ0n) is 15.6. The van der Waals surface area contributed by atoms with Gasteiger partial charge in [-0.15, -0.1) is 0 Å². The number of furan rings is 1. The minimum atomic E-state index is -0.575. The highest BCUT2D eigenvalue weighted by atomic mass is 79.9. The van der Waals surface area contributed by atoms with Crippen LogP contribution in [-0.2, 0) is 4.79 Å². The average molecular weight is 435 g/mol. The predicted molar refractivity (Wildman–Crippen MR) is 105 cm³/mol. The van der Waals surface area contributed by atoms with Crippen LogP contribution >= 0.6 is 15.9 Å². The Kier molecular flexibility index (Phi) is 5.60. The van der Waals surface area contributed by atoms with Crippen molar-refractivity contribution in [3.8, 4) is 5.75 Å². The van der Waals surface area contributed by atoms with Gasteiger partial charge < -0.3 is 19.4 Å². The number of nitrogens with zero attached hydrogens (tertiary/aromatic N) is 1. The van der Waals surface area contributed by atoms with Crippen molar-refractivity contribution in [1.29, 1.82) is 0 Å². The molecule has 3 rings (SSSR count). The van der Waals surface area contributed by atoms with Crippen LogP contribution < -0.4 is 10.1 Å². The zero-order valence-corrected chi connectivity index (χ0v) is 17.2. The van der Waals surface area contributed by atoms with E-state index in [9.17, 15) is 9.59 Å². The predicted octanol–water partition coefficient (Wildman–Crippen LogP) is 3.54. The highest BCUT2D eigenvalue weighted by molar-refractivity contribution is 9.10. The van der Waals surface area contributed by atoms with Gasteiger partial charge in [-0.1, -0.05) is 19.1 Å². The van der Waals surface area contributed by atoms with Gasteiger partial charge in [0.05, 0.1) is 10.0 Å². The highest BCUT2D eigenvalue weighted by Gasteiger charge is 2.44. The lowest BCUT2D eigenvalue weighted by molar-refractivity contribution is -0.131. The molecule has 1 N–H and O–H groups in total. The summed E-state index contributed by atoms with van der Waals surface area (Å²) in [4.78, 5) is 26.7. The molecule has 0 saturated carbocycles. The van der Waals surface area contributed by atoms with Crippen molar-refractivity contribution in [2.45, 2.75) is 38.8 Å². The first-order valence-electron chi connectivity index (χ1n) is 8.88. The molecule has 7 heteroatoms. The molecule has 1 atom stereocenters. The standard InChI is InChI=1S/C20H23BrN2O4/c1-4-16(27-15-7-5-6-13(2)8-15)18(24)22-20(3)11-23(12-20)19(25)17-9-14(21)10-26-17/h5-10,16H,4,11-12H2,1-3H3,(H,22,24). The minimum Gasteiger partial charge on any atom is -0.481 e. The fourth-order valence-electron chi connectivity index (χ4n) is 3.15. The van der Waals surface area contributed by atoms with Crippen molar-refractivity contribution in [2.24, 2.45) is 0 Å². The maximum Gasteiger partial charge on any atom is 0.289 e. The molecule has 1 aromatic carbocycles. The molecular weight excluding hydrogens is 412 g/mol. The number of aryl methyl sites for hydroxylation is 1. The Bertz CT molecular complexity index is 842. The van der Waals surface area contributed by atoms with E-state index in [-0.39, 0.29) is 17.6 Å². The Hall–Kier alpha value is -2.28. The number of rotatable bonds is 6. The number of carbonyl (C=O) groups is 2. The summed E-state index contributed by atoms with van der Waals surface area (Å²) >= 11 is 3.26. The SMILES string of the molecule is CCC(Oc1cccc(C)c1)C(=O)NC1(C)CN(C(=O)c2cc(Br)co2)C1. The van der Waals surface area contributed by atoms with Crippen molar-refractivity contribution in [2.75, 3.05) is 13.1 Å². The van der Waals surface area contributed by atoms with Crippen LogP contribution in [0.4, 0.5) is 0 Å². The molecule has 2 aromatic rings. The van der Waals surface area contributed by atoms with Crippen LogP contribution in [0, 0.1) is 6.92 Å². The van der Waals surface area contributed by atoms with E-state index in [4.69, 9.17) is 9.15 Å². The molecule has 2 heterocycles. The van der Waals surface area contributed by atoms with E-state index in [0.29, 0.717) is 25.3 Å². The first-order valence-corrected chi connectivity index (χ1v) is 9.67. The molecule has 1 aromatic heterocycles. The number of hydrogen-bond acceptors (Lipinski definition) is 4. The van der Waals surface area contributed by atoms with Crippen molar-refractivity contribution < 1.29 is 18.7 Å². The topological polar surface area (TPSA) is 71.8 Å². The van der Waals surface area contributed by atoms with Crippen molar-refractivity contribution >= 4 is 27.7 Å². The van der Waals surface area contributed by atoms with E-state index in [1.807, 2.05) is 45.0 Å². The number of ether oxygens (including phenoxy) is 1. The quantitative estimate of drug-likeness (QED) is 0.754. The lowest BCUT2D eigenvalue weighted by Crippen LogP contribution is -2.70. The van der Waals surface area contributed by atoms with E-state index in [2.05, 4.69) is 21.2 Å². The van der Waals surface area contributed by atoms with Crippen LogP contribution in [0.15, 0.2) is 45.5 Å². The van der Waals surface area contributed by atoms with Gasteiger partial charge in [0, 0.05) is 19.2 Å². The lowest BCUT2D eigenvalue weighted by Gasteiger charge is -2.48. The van der Waals surface area contributed by atoms with E-state index in [0.717, 1.165) is 10.0 Å². The second-order valence-corrected chi connectivity index (χ2v) is 8.09. The molecule has 0 aliphatic carbocycles. The van der Waals surface area contributed by atoms with Gasteiger partial charge in [-0.05, 0) is 53.9 Å². The van der Waals surface area contributed by atoms with E-state index in [1.54, 1.807) is 11.0 Å². The Balaban J connectivity index is 1.56. The molecule has 144 valence electrons. The summed E-state index contributed by atoms with van der Waals surface area (Å²) in [5, 5.41) is 3.02. The van der Waals surface area contributed by atoms with Crippen LogP contribution in [0.3, 0.4) is 0 Å². The Morgan fingerprint density at radius 1 is 1.37 bits per heavy atom. The molecule has 1 fully saturated rings. The van der Waals surface area contributed by atoms with Gasteiger partial charge in [-0.25, -0.2) is 0 Å². The van der Waals surface area contributed by atoms with Crippen molar-refractivity contribution in [1.82, 2.24) is 10.2 Å². The number of amides is 2. The summed E-state index contributed by atoms with van der Waals surface area (Å²) in [5.41, 5.74) is 0.604. The lowest BCUT2D eigenvalue weighted by atomic mass is 9.91. The van der Waals surface area contributed by atoms with E-state index >= 15 is 0 Å². The van der Waals surface area contributed by atoms with Crippen LogP contribution in [-0.4, -0.2) is 41.4 Å². The first-order chi connectivity index (χ1) is 12.8. The Morgan fingerprint density at radius 2 is 2.11 bits per heavy atom. The number of halogens is 1. The summed E-state index contributed by atoms with van der Waals surface area (Å²) in [6.07, 6.45) is 1.45. The molecule has 1 aliphatic heterocycles. The van der Waals surface area contributed by atoms with E-state index in [1.165, 1.54) is 6.26 Å². The number of likely N-dealkylation sites (tertiary alicyclic amines) is 1. The van der Waals surface area contributed by atoms with Gasteiger partial charge in [0.25, 0.3) is 11.8 Å². The van der Waals surface area contributed by atoms with Gasteiger partial charge in [0.15, 0.2) is 11.9 Å². The van der Waals surface area contributed by atoms with Crippen LogP contribution in [0.1, 0.15) is 36.4 Å².